The Bertz CT molecular complexity index is 1470. The lowest BCUT2D eigenvalue weighted by Gasteiger charge is -2.44. The van der Waals surface area contributed by atoms with Gasteiger partial charge in [-0.1, -0.05) is 6.07 Å². The summed E-state index contributed by atoms with van der Waals surface area (Å²) in [6.45, 7) is 7.74. The van der Waals surface area contributed by atoms with E-state index < -0.39 is 47.9 Å². The Morgan fingerprint density at radius 2 is 1.57 bits per heavy atom. The molecule has 0 aromatic heterocycles. The van der Waals surface area contributed by atoms with Crippen molar-refractivity contribution in [3.05, 3.63) is 58.7 Å². The van der Waals surface area contributed by atoms with Crippen molar-refractivity contribution in [3.63, 3.8) is 0 Å². The number of morpholine rings is 1. The molecule has 3 atom stereocenters. The van der Waals surface area contributed by atoms with Gasteiger partial charge in [0.1, 0.15) is 0 Å². The number of carbonyl (C=O) groups excluding carboxylic acids is 1. The molecule has 13 nitrogen and oxygen atoms in total. The van der Waals surface area contributed by atoms with E-state index in [1.54, 1.807) is 24.3 Å². The first-order chi connectivity index (χ1) is 21.9. The first-order valence-corrected chi connectivity index (χ1v) is 15.6. The van der Waals surface area contributed by atoms with E-state index >= 15 is 0 Å². The lowest BCUT2D eigenvalue weighted by atomic mass is 9.81. The zero-order valence-electron chi connectivity index (χ0n) is 26.2. The monoisotopic (exact) mass is 638 g/mol. The summed E-state index contributed by atoms with van der Waals surface area (Å²) in [6.07, 6.45) is -0.412. The van der Waals surface area contributed by atoms with Crippen molar-refractivity contribution in [3.8, 4) is 0 Å². The van der Waals surface area contributed by atoms with Crippen LogP contribution in [0.5, 0.6) is 0 Å². The number of nitrogens with zero attached hydrogens (tertiary/aromatic N) is 4. The molecule has 3 aliphatic rings. The van der Waals surface area contributed by atoms with E-state index in [4.69, 9.17) is 4.74 Å². The van der Waals surface area contributed by atoms with Crippen LogP contribution < -0.4 is 9.80 Å². The zero-order valence-corrected chi connectivity index (χ0v) is 26.2. The number of ether oxygens (including phenoxy) is 1. The Hall–Kier alpha value is -4.20. The van der Waals surface area contributed by atoms with Crippen molar-refractivity contribution in [2.75, 3.05) is 69.3 Å². The van der Waals surface area contributed by atoms with Gasteiger partial charge in [0.25, 0.3) is 5.91 Å². The molecule has 2 unspecified atom stereocenters. The van der Waals surface area contributed by atoms with E-state index in [0.29, 0.717) is 39.1 Å². The highest BCUT2D eigenvalue weighted by Gasteiger charge is 2.56. The molecule has 0 spiro atoms. The van der Waals surface area contributed by atoms with Crippen LogP contribution in [-0.4, -0.2) is 131 Å². The standard InChI is InChI=1S/C33H42N4O9/c1-21-3-10-27(36-13-11-34(2)12-14-36)26-19-24(8-9-25(21)26)37(29(31(41)42)33(45,32(43)44)20-28(38)39)30(40)22-4-6-23(7-5-22)35-15-17-46-18-16-35/h3-7,10,24,29,45H,8-9,11-20H2,1-2H3,(H,38,39)(H,41,42)(H,43,44)/t24?,29-,33?/m0/s1. The molecule has 2 fully saturated rings. The number of hydrogen-bond donors (Lipinski definition) is 4. The van der Waals surface area contributed by atoms with E-state index in [0.717, 1.165) is 59.1 Å². The first kappa shape index (κ1) is 33.2. The van der Waals surface area contributed by atoms with Gasteiger partial charge in [0.05, 0.1) is 19.6 Å². The van der Waals surface area contributed by atoms with E-state index in [1.165, 1.54) is 0 Å². The number of anilines is 2. The lowest BCUT2D eigenvalue weighted by Crippen LogP contribution is -2.66. The number of fused-ring (bicyclic) bond motifs is 1. The molecule has 0 saturated carbocycles. The molecule has 0 radical (unpaired) electrons. The molecule has 2 aromatic carbocycles. The summed E-state index contributed by atoms with van der Waals surface area (Å²) < 4.78 is 5.42. The largest absolute Gasteiger partial charge is 0.481 e. The van der Waals surface area contributed by atoms with Gasteiger partial charge in [-0.05, 0) is 80.3 Å². The van der Waals surface area contributed by atoms with Gasteiger partial charge in [-0.25, -0.2) is 9.59 Å². The molecule has 0 bridgehead atoms. The Morgan fingerprint density at radius 3 is 2.15 bits per heavy atom. The summed E-state index contributed by atoms with van der Waals surface area (Å²) in [5, 5.41) is 41.4. The number of carbonyl (C=O) groups is 4. The quantitative estimate of drug-likeness (QED) is 0.295. The van der Waals surface area contributed by atoms with Crippen LogP contribution in [-0.2, 0) is 32.0 Å². The van der Waals surface area contributed by atoms with Gasteiger partial charge in [-0.2, -0.15) is 0 Å². The number of carboxylic acids is 3. The summed E-state index contributed by atoms with van der Waals surface area (Å²) in [4.78, 5) is 59.1. The minimum atomic E-state index is -3.30. The van der Waals surface area contributed by atoms with Crippen LogP contribution in [0.2, 0.25) is 0 Å². The van der Waals surface area contributed by atoms with Crippen LogP contribution >= 0.6 is 0 Å². The normalized spacial score (nSPS) is 20.7. The Labute approximate surface area is 267 Å². The fourth-order valence-electron chi connectivity index (χ4n) is 6.96. The third-order valence-electron chi connectivity index (χ3n) is 9.53. The van der Waals surface area contributed by atoms with Crippen molar-refractivity contribution in [1.82, 2.24) is 9.80 Å². The summed E-state index contributed by atoms with van der Waals surface area (Å²) in [7, 11) is 2.06. The van der Waals surface area contributed by atoms with Gasteiger partial charge in [-0.15, -0.1) is 0 Å². The number of aliphatic hydroxyl groups is 1. The summed E-state index contributed by atoms with van der Waals surface area (Å²) >= 11 is 0. The average Bonchev–Trinajstić information content (AvgIpc) is 3.03. The molecule has 1 aliphatic carbocycles. The predicted molar refractivity (Wildman–Crippen MR) is 169 cm³/mol. The summed E-state index contributed by atoms with van der Waals surface area (Å²) in [5.74, 6) is -6.35. The maximum atomic E-state index is 14.4. The van der Waals surface area contributed by atoms with Gasteiger partial charge in [0, 0.05) is 62.2 Å². The smallest absolute Gasteiger partial charge is 0.339 e. The second-order valence-electron chi connectivity index (χ2n) is 12.4. The Morgan fingerprint density at radius 1 is 0.913 bits per heavy atom. The zero-order chi connectivity index (χ0) is 33.2. The average molecular weight is 639 g/mol. The summed E-state index contributed by atoms with van der Waals surface area (Å²) in [6, 6.07) is 7.44. The fourth-order valence-corrected chi connectivity index (χ4v) is 6.96. The van der Waals surface area contributed by atoms with E-state index in [-0.39, 0.29) is 12.0 Å². The Kier molecular flexibility index (Phi) is 9.85. The minimum Gasteiger partial charge on any atom is -0.481 e. The van der Waals surface area contributed by atoms with Crippen LogP contribution in [0.1, 0.15) is 39.9 Å². The number of rotatable bonds is 10. The van der Waals surface area contributed by atoms with E-state index in [2.05, 4.69) is 27.8 Å². The molecule has 1 amide bonds. The first-order valence-electron chi connectivity index (χ1n) is 15.6. The predicted octanol–water partition coefficient (Wildman–Crippen LogP) is 1.33. The van der Waals surface area contributed by atoms with Gasteiger partial charge >= 0.3 is 17.9 Å². The molecular formula is C33H42N4O9. The maximum absolute atomic E-state index is 14.4. The highest BCUT2D eigenvalue weighted by molar-refractivity contribution is 6.00. The molecule has 2 heterocycles. The molecular weight excluding hydrogens is 596 g/mol. The van der Waals surface area contributed by atoms with Gasteiger partial charge in [-0.3, -0.25) is 9.59 Å². The number of likely N-dealkylation sites (N-methyl/N-ethyl adjacent to an activating group) is 1. The number of carboxylic acid groups (broad SMARTS) is 3. The molecule has 4 N–H and O–H groups in total. The summed E-state index contributed by atoms with van der Waals surface area (Å²) in [5.41, 5.74) is 1.72. The highest BCUT2D eigenvalue weighted by atomic mass is 16.5. The maximum Gasteiger partial charge on any atom is 0.339 e. The number of hydrogen-bond acceptors (Lipinski definition) is 9. The minimum absolute atomic E-state index is 0.0978. The van der Waals surface area contributed by atoms with Crippen LogP contribution in [0, 0.1) is 6.92 Å². The molecule has 2 aliphatic heterocycles. The number of amides is 1. The van der Waals surface area contributed by atoms with Gasteiger partial charge in [0.2, 0.25) is 5.60 Å². The van der Waals surface area contributed by atoms with Gasteiger partial charge in [0.15, 0.2) is 6.04 Å². The molecule has 2 aromatic rings. The SMILES string of the molecule is Cc1ccc(N2CCN(C)CC2)c2c1CCC(N(C(=O)c1ccc(N3CCOCC3)cc1)[C@@H](C(=O)O)C(O)(CC(=O)O)C(=O)O)C2. The number of aliphatic carboxylic acids is 3. The van der Waals surface area contributed by atoms with Crippen molar-refractivity contribution in [2.24, 2.45) is 0 Å². The highest BCUT2D eigenvalue weighted by Crippen LogP contribution is 2.37. The van der Waals surface area contributed by atoms with E-state index in [9.17, 15) is 39.6 Å². The molecule has 5 rings (SSSR count). The van der Waals surface area contributed by atoms with Crippen LogP contribution in [0.15, 0.2) is 36.4 Å². The fraction of sp³-hybridized carbons (Fsp3) is 0.515. The Balaban J connectivity index is 1.57. The number of benzene rings is 2. The number of piperazine rings is 1. The van der Waals surface area contributed by atoms with Crippen LogP contribution in [0.4, 0.5) is 11.4 Å². The molecule has 46 heavy (non-hydrogen) atoms. The van der Waals surface area contributed by atoms with Crippen molar-refractivity contribution in [1.29, 1.82) is 0 Å². The molecule has 2 saturated heterocycles. The lowest BCUT2D eigenvalue weighted by molar-refractivity contribution is -0.181. The molecule has 248 valence electrons. The topological polar surface area (TPSA) is 171 Å². The second kappa shape index (κ2) is 13.7. The third-order valence-corrected chi connectivity index (χ3v) is 9.53. The number of aryl methyl sites for hydroxylation is 1. The van der Waals surface area contributed by atoms with Crippen molar-refractivity contribution >= 4 is 35.2 Å². The van der Waals surface area contributed by atoms with Crippen molar-refractivity contribution < 1.29 is 44.3 Å². The molecule has 13 heteroatoms. The van der Waals surface area contributed by atoms with Crippen LogP contribution in [0.3, 0.4) is 0 Å². The second-order valence-corrected chi connectivity index (χ2v) is 12.4. The van der Waals surface area contributed by atoms with E-state index in [1.807, 2.05) is 13.0 Å². The van der Waals surface area contributed by atoms with Crippen LogP contribution in [0.25, 0.3) is 0 Å². The van der Waals surface area contributed by atoms with Crippen molar-refractivity contribution in [2.45, 2.75) is 50.3 Å². The van der Waals surface area contributed by atoms with Gasteiger partial charge < -0.3 is 44.8 Å². The third kappa shape index (κ3) is 6.67.